The third-order valence-electron chi connectivity index (χ3n) is 3.47. The number of fused-ring (bicyclic) bond motifs is 1. The first kappa shape index (κ1) is 11.7. The summed E-state index contributed by atoms with van der Waals surface area (Å²) < 4.78 is 5.33. The zero-order valence-corrected chi connectivity index (χ0v) is 10.8. The van der Waals surface area contributed by atoms with Crippen molar-refractivity contribution in [3.63, 3.8) is 0 Å². The second-order valence-electron chi connectivity index (χ2n) is 4.53. The Morgan fingerprint density at radius 2 is 1.89 bits per heavy atom. The summed E-state index contributed by atoms with van der Waals surface area (Å²) in [5.74, 6) is 0.861. The van der Waals surface area contributed by atoms with Gasteiger partial charge in [0, 0.05) is 6.20 Å². The van der Waals surface area contributed by atoms with Crippen LogP contribution in [0.15, 0.2) is 78.0 Å². The maximum absolute atomic E-state index is 5.33. The minimum atomic E-state index is -0.299. The molecule has 0 radical (unpaired) electrons. The molecule has 0 bridgehead atoms. The van der Waals surface area contributed by atoms with Gasteiger partial charge < -0.3 is 4.74 Å². The Labute approximate surface area is 113 Å². The maximum atomic E-state index is 5.33. The second kappa shape index (κ2) is 4.73. The Morgan fingerprint density at radius 3 is 2.74 bits per heavy atom. The highest BCUT2D eigenvalue weighted by Gasteiger charge is 2.33. The first-order chi connectivity index (χ1) is 9.35. The SMILES string of the molecule is COc1cccc(C23C=CC=CN=C2C=CC=C3)c1. The predicted molar refractivity (Wildman–Crippen MR) is 78.7 cm³/mol. The molecule has 3 rings (SSSR count). The molecule has 94 valence electrons. The molecule has 2 aliphatic rings. The lowest BCUT2D eigenvalue weighted by Crippen LogP contribution is -2.31. The number of allylic oxidation sites excluding steroid dienone is 7. The predicted octanol–water partition coefficient (Wildman–Crippen LogP) is 3.58. The van der Waals surface area contributed by atoms with Crippen molar-refractivity contribution in [1.29, 1.82) is 0 Å². The van der Waals surface area contributed by atoms with E-state index < -0.39 is 0 Å². The van der Waals surface area contributed by atoms with Gasteiger partial charge in [-0.05, 0) is 29.8 Å². The van der Waals surface area contributed by atoms with Gasteiger partial charge in [-0.2, -0.15) is 0 Å². The second-order valence-corrected chi connectivity index (χ2v) is 4.53. The molecule has 0 amide bonds. The van der Waals surface area contributed by atoms with E-state index >= 15 is 0 Å². The van der Waals surface area contributed by atoms with Crippen molar-refractivity contribution in [1.82, 2.24) is 0 Å². The Balaban J connectivity index is 2.18. The Kier molecular flexibility index (Phi) is 2.92. The summed E-state index contributed by atoms with van der Waals surface area (Å²) in [5, 5.41) is 0. The largest absolute Gasteiger partial charge is 0.497 e. The molecular weight excluding hydrogens is 234 g/mol. The maximum Gasteiger partial charge on any atom is 0.119 e. The standard InChI is InChI=1S/C17H15NO/c1-19-15-8-6-7-14(13-15)17-10-3-2-9-16(17)18-12-5-4-11-17/h2-13H,1H3. The highest BCUT2D eigenvalue weighted by atomic mass is 16.5. The number of nitrogens with zero attached hydrogens (tertiary/aromatic N) is 1. The molecule has 0 aromatic heterocycles. The number of rotatable bonds is 2. The van der Waals surface area contributed by atoms with Crippen LogP contribution in [0.25, 0.3) is 0 Å². The van der Waals surface area contributed by atoms with Crippen LogP contribution in [0, 0.1) is 0 Å². The normalized spacial score (nSPS) is 23.7. The van der Waals surface area contributed by atoms with Gasteiger partial charge in [-0.3, -0.25) is 4.99 Å². The van der Waals surface area contributed by atoms with E-state index in [9.17, 15) is 0 Å². The molecule has 1 aromatic rings. The van der Waals surface area contributed by atoms with Gasteiger partial charge >= 0.3 is 0 Å². The summed E-state index contributed by atoms with van der Waals surface area (Å²) in [7, 11) is 1.69. The van der Waals surface area contributed by atoms with E-state index in [1.165, 1.54) is 0 Å². The van der Waals surface area contributed by atoms with Crippen LogP contribution in [0.3, 0.4) is 0 Å². The van der Waals surface area contributed by atoms with Gasteiger partial charge in [-0.1, -0.05) is 42.5 Å². The Hall–Kier alpha value is -2.35. The number of methoxy groups -OCH3 is 1. The van der Waals surface area contributed by atoms with Crippen molar-refractivity contribution in [2.75, 3.05) is 7.11 Å². The third-order valence-corrected chi connectivity index (χ3v) is 3.47. The summed E-state index contributed by atoms with van der Waals surface area (Å²) in [4.78, 5) is 4.54. The Morgan fingerprint density at radius 1 is 1.05 bits per heavy atom. The van der Waals surface area contributed by atoms with E-state index in [2.05, 4.69) is 41.4 Å². The molecule has 0 spiro atoms. The van der Waals surface area contributed by atoms with E-state index in [1.54, 1.807) is 7.11 Å². The van der Waals surface area contributed by atoms with Crippen LogP contribution >= 0.6 is 0 Å². The summed E-state index contributed by atoms with van der Waals surface area (Å²) in [6.07, 6.45) is 16.3. The van der Waals surface area contributed by atoms with Crippen molar-refractivity contribution >= 4 is 5.71 Å². The molecule has 19 heavy (non-hydrogen) atoms. The van der Waals surface area contributed by atoms with Crippen molar-refractivity contribution in [2.24, 2.45) is 4.99 Å². The number of aliphatic imine (C=N–C) groups is 1. The van der Waals surface area contributed by atoms with Crippen LogP contribution in [0.5, 0.6) is 5.75 Å². The topological polar surface area (TPSA) is 21.6 Å². The fraction of sp³-hybridized carbons (Fsp3) is 0.118. The fourth-order valence-corrected chi connectivity index (χ4v) is 2.47. The van der Waals surface area contributed by atoms with Gasteiger partial charge in [0.2, 0.25) is 0 Å². The molecular formula is C17H15NO. The number of benzene rings is 1. The summed E-state index contributed by atoms with van der Waals surface area (Å²) >= 11 is 0. The molecule has 1 heterocycles. The van der Waals surface area contributed by atoms with Gasteiger partial charge in [-0.15, -0.1) is 0 Å². The summed E-state index contributed by atoms with van der Waals surface area (Å²) in [5.41, 5.74) is 1.88. The minimum absolute atomic E-state index is 0.299. The summed E-state index contributed by atoms with van der Waals surface area (Å²) in [6.45, 7) is 0. The molecule has 0 saturated carbocycles. The number of ether oxygens (including phenoxy) is 1. The van der Waals surface area contributed by atoms with Crippen LogP contribution in [0.2, 0.25) is 0 Å². The molecule has 1 aromatic carbocycles. The van der Waals surface area contributed by atoms with E-state index in [-0.39, 0.29) is 5.41 Å². The third kappa shape index (κ3) is 1.95. The Bertz CT molecular complexity index is 634. The molecule has 1 aliphatic carbocycles. The van der Waals surface area contributed by atoms with Gasteiger partial charge in [0.1, 0.15) is 5.75 Å². The molecule has 1 unspecified atom stereocenters. The molecule has 2 heteroatoms. The van der Waals surface area contributed by atoms with Gasteiger partial charge in [-0.25, -0.2) is 0 Å². The molecule has 0 N–H and O–H groups in total. The van der Waals surface area contributed by atoms with E-state index in [0.717, 1.165) is 17.0 Å². The van der Waals surface area contributed by atoms with Crippen LogP contribution < -0.4 is 4.74 Å². The molecule has 1 atom stereocenters. The van der Waals surface area contributed by atoms with E-state index in [4.69, 9.17) is 4.74 Å². The van der Waals surface area contributed by atoms with Gasteiger partial charge in [0.05, 0.1) is 18.2 Å². The molecule has 1 aliphatic heterocycles. The first-order valence-corrected chi connectivity index (χ1v) is 6.28. The van der Waals surface area contributed by atoms with Crippen molar-refractivity contribution in [2.45, 2.75) is 5.41 Å². The van der Waals surface area contributed by atoms with E-state index in [0.29, 0.717) is 0 Å². The molecule has 0 fully saturated rings. The smallest absolute Gasteiger partial charge is 0.119 e. The zero-order chi connectivity index (χ0) is 13.1. The average Bonchev–Trinajstić information content (AvgIpc) is 2.70. The van der Waals surface area contributed by atoms with Gasteiger partial charge in [0.15, 0.2) is 0 Å². The minimum Gasteiger partial charge on any atom is -0.497 e. The first-order valence-electron chi connectivity index (χ1n) is 6.28. The number of hydrogen-bond donors (Lipinski definition) is 0. The van der Waals surface area contributed by atoms with Crippen molar-refractivity contribution < 1.29 is 4.74 Å². The monoisotopic (exact) mass is 249 g/mol. The van der Waals surface area contributed by atoms with Crippen LogP contribution in [0.1, 0.15) is 5.56 Å². The lowest BCUT2D eigenvalue weighted by atomic mass is 9.73. The lowest BCUT2D eigenvalue weighted by molar-refractivity contribution is 0.414. The van der Waals surface area contributed by atoms with Gasteiger partial charge in [0.25, 0.3) is 0 Å². The van der Waals surface area contributed by atoms with E-state index in [1.807, 2.05) is 36.6 Å². The van der Waals surface area contributed by atoms with Crippen LogP contribution in [-0.2, 0) is 5.41 Å². The van der Waals surface area contributed by atoms with Crippen molar-refractivity contribution in [3.05, 3.63) is 78.6 Å². The quantitative estimate of drug-likeness (QED) is 0.785. The van der Waals surface area contributed by atoms with Crippen LogP contribution in [-0.4, -0.2) is 12.8 Å². The zero-order valence-electron chi connectivity index (χ0n) is 10.8. The lowest BCUT2D eigenvalue weighted by Gasteiger charge is -2.29. The average molecular weight is 249 g/mol. The summed E-state index contributed by atoms with van der Waals surface area (Å²) in [6, 6.07) is 8.14. The highest BCUT2D eigenvalue weighted by Crippen LogP contribution is 2.35. The van der Waals surface area contributed by atoms with Crippen molar-refractivity contribution in [3.8, 4) is 5.75 Å². The number of hydrogen-bond acceptors (Lipinski definition) is 2. The molecule has 2 nitrogen and oxygen atoms in total. The molecule has 0 saturated heterocycles. The fourth-order valence-electron chi connectivity index (χ4n) is 2.47. The van der Waals surface area contributed by atoms with Crippen LogP contribution in [0.4, 0.5) is 0 Å². The highest BCUT2D eigenvalue weighted by molar-refractivity contribution is 6.08.